The number of esters is 1. The van der Waals surface area contributed by atoms with Gasteiger partial charge in [0.25, 0.3) is 0 Å². The maximum atomic E-state index is 11.8. The van der Waals surface area contributed by atoms with E-state index in [-0.39, 0.29) is 12.7 Å². The molecule has 0 aliphatic rings. The summed E-state index contributed by atoms with van der Waals surface area (Å²) >= 11 is 0. The molecule has 1 aromatic rings. The molecule has 1 heterocycles. The van der Waals surface area contributed by atoms with Gasteiger partial charge in [-0.2, -0.15) is 0 Å². The Morgan fingerprint density at radius 3 is 2.73 bits per heavy atom. The zero-order chi connectivity index (χ0) is 17.4. The fourth-order valence-corrected chi connectivity index (χ4v) is 1.58. The average molecular weight is 318 g/mol. The van der Waals surface area contributed by atoms with Crippen molar-refractivity contribution >= 4 is 12.3 Å². The van der Waals surface area contributed by atoms with Gasteiger partial charge in [0.15, 0.2) is 6.29 Å². The van der Waals surface area contributed by atoms with Crippen molar-refractivity contribution < 1.29 is 36.2 Å². The topological polar surface area (TPSA) is 179 Å². The predicted molar refractivity (Wildman–Crippen MR) is 71.3 cm³/mol. The molecule has 0 radical (unpaired) electrons. The smallest absolute Gasteiger partial charge is 0.323 e. The van der Waals surface area contributed by atoms with Crippen molar-refractivity contribution in [2.75, 3.05) is 6.61 Å². The summed E-state index contributed by atoms with van der Waals surface area (Å²) in [4.78, 5) is 28.6. The van der Waals surface area contributed by atoms with E-state index in [0.717, 1.165) is 0 Å². The summed E-state index contributed by atoms with van der Waals surface area (Å²) in [5.41, 5.74) is 2.57. The van der Waals surface area contributed by atoms with Crippen LogP contribution in [0.25, 0.3) is 0 Å². The monoisotopic (exact) mass is 318 g/mol. The number of aldehydes is 1. The van der Waals surface area contributed by atoms with E-state index in [2.05, 4.69) is 9.97 Å². The molecule has 0 aliphatic carbocycles. The minimum atomic E-state index is -1.92. The summed E-state index contributed by atoms with van der Waals surface area (Å²) < 4.78 is 11.8. The Morgan fingerprint density at radius 1 is 1.45 bits per heavy atom. The van der Waals surface area contributed by atoms with Gasteiger partial charge in [0.1, 0.15) is 38.5 Å². The minimum absolute atomic E-state index is 0.00292. The van der Waals surface area contributed by atoms with Crippen LogP contribution in [0.5, 0.6) is 0 Å². The van der Waals surface area contributed by atoms with E-state index in [9.17, 15) is 24.9 Å². The van der Waals surface area contributed by atoms with Gasteiger partial charge >= 0.3 is 5.97 Å². The van der Waals surface area contributed by atoms with Crippen LogP contribution in [-0.2, 0) is 20.7 Å². The van der Waals surface area contributed by atoms with E-state index in [4.69, 9.17) is 11.3 Å². The van der Waals surface area contributed by atoms with Gasteiger partial charge < -0.3 is 40.7 Å². The summed E-state index contributed by atoms with van der Waals surface area (Å²) in [5.74, 6) is -0.869. The lowest BCUT2D eigenvalue weighted by molar-refractivity contribution is -0.157. The highest BCUT2D eigenvalue weighted by Crippen LogP contribution is 2.06. The first-order valence-electron chi connectivity index (χ1n) is 6.89. The Labute approximate surface area is 127 Å². The Bertz CT molecular complexity index is 487. The maximum absolute atomic E-state index is 11.8. The molecule has 124 valence electrons. The molecule has 0 spiro atoms. The highest BCUT2D eigenvalue weighted by atomic mass is 16.5. The molecule has 10 heteroatoms. The lowest BCUT2D eigenvalue weighted by Crippen LogP contribution is -2.47. The van der Waals surface area contributed by atoms with Crippen molar-refractivity contribution in [3.05, 3.63) is 18.2 Å². The number of aromatic amines is 1. The van der Waals surface area contributed by atoms with Crippen LogP contribution in [0.3, 0.4) is 0 Å². The first-order valence-corrected chi connectivity index (χ1v) is 6.39. The predicted octanol–water partition coefficient (Wildman–Crippen LogP) is -3.53. The highest BCUT2D eigenvalue weighted by Gasteiger charge is 2.31. The van der Waals surface area contributed by atoms with Gasteiger partial charge in [-0.3, -0.25) is 4.79 Å². The summed E-state index contributed by atoms with van der Waals surface area (Å²) in [7, 11) is 0. The zero-order valence-electron chi connectivity index (χ0n) is 12.5. The first kappa shape index (κ1) is 16.5. The molecule has 0 unspecified atom stereocenters. The molecule has 0 amide bonds. The Hall–Kier alpha value is -1.85. The Morgan fingerprint density at radius 2 is 2.18 bits per heavy atom. The number of aromatic nitrogens is 2. The van der Waals surface area contributed by atoms with E-state index >= 15 is 0 Å². The average Bonchev–Trinajstić information content (AvgIpc) is 3.07. The van der Waals surface area contributed by atoms with Gasteiger partial charge in [0, 0.05) is 18.3 Å². The Kier molecular flexibility index (Phi) is 6.43. The number of nitrogens with two attached hydrogens (primary N) is 1. The maximum Gasteiger partial charge on any atom is 0.323 e. The van der Waals surface area contributed by atoms with Crippen molar-refractivity contribution in [1.82, 2.24) is 9.97 Å². The van der Waals surface area contributed by atoms with Crippen LogP contribution >= 0.6 is 0 Å². The molecule has 0 saturated heterocycles. The molecule has 7 N–H and O–H groups in total. The van der Waals surface area contributed by atoms with Crippen LogP contribution in [0, 0.1) is 0 Å². The van der Waals surface area contributed by atoms with Gasteiger partial charge in [-0.15, -0.1) is 0 Å². The van der Waals surface area contributed by atoms with Gasteiger partial charge in [0.2, 0.25) is 0 Å². The number of hydrogen-bond donors (Lipinski definition) is 6. The van der Waals surface area contributed by atoms with Crippen LogP contribution in [0.15, 0.2) is 12.5 Å². The second kappa shape index (κ2) is 8.56. The molecule has 0 saturated carbocycles. The largest absolute Gasteiger partial charge is 0.462 e. The van der Waals surface area contributed by atoms with E-state index in [1.165, 1.54) is 12.5 Å². The highest BCUT2D eigenvalue weighted by molar-refractivity contribution is 5.75. The summed E-state index contributed by atoms with van der Waals surface area (Å²) in [6, 6.07) is -1.04. The number of carbonyl (C=O) groups is 2. The number of nitrogens with zero attached hydrogens (tertiary/aromatic N) is 1. The quantitative estimate of drug-likeness (QED) is 0.188. The fourth-order valence-electron chi connectivity index (χ4n) is 1.58. The zero-order valence-corrected chi connectivity index (χ0v) is 11.5. The summed E-state index contributed by atoms with van der Waals surface area (Å²) in [5, 5.41) is 37.5. The summed E-state index contributed by atoms with van der Waals surface area (Å²) in [6.07, 6.45) is -4.45. The Balaban J connectivity index is 2.48. The summed E-state index contributed by atoms with van der Waals surface area (Å²) in [6.45, 7) is -0.691. The number of hydrogen-bond acceptors (Lipinski definition) is 9. The third-order valence-corrected chi connectivity index (χ3v) is 2.89. The van der Waals surface area contributed by atoms with E-state index < -0.39 is 43.0 Å². The van der Waals surface area contributed by atoms with Gasteiger partial charge in [-0.25, -0.2) is 4.98 Å². The standard InChI is InChI=1S/C12H19N3O7/c13-7(1-6-2-14-5-15-6)12(21)22-4-9(18)11(20)10(19)8(17)3-16/h2-3,5,7-11,17-20H,1,4,13H2,(H,14,15)/t7-,8-,9+,10+,11+/m0/s1/i/hD. The molecule has 22 heavy (non-hydrogen) atoms. The van der Waals surface area contributed by atoms with Crippen molar-refractivity contribution in [2.45, 2.75) is 36.9 Å². The first-order chi connectivity index (χ1) is 10.9. The molecule has 0 aliphatic heterocycles. The number of aliphatic hydroxyl groups is 4. The van der Waals surface area contributed by atoms with Crippen LogP contribution in [0.1, 0.15) is 5.69 Å². The number of aliphatic hydroxyl groups excluding tert-OH is 4. The number of H-pyrrole nitrogens is 1. The van der Waals surface area contributed by atoms with E-state index in [1.54, 1.807) is 0 Å². The molecule has 0 bridgehead atoms. The van der Waals surface area contributed by atoms with Gasteiger partial charge in [0.05, 0.1) is 6.33 Å². The van der Waals surface area contributed by atoms with Crippen molar-refractivity contribution in [3.8, 4) is 0 Å². The number of carbonyl (C=O) groups excluding carboxylic acids is 2. The molecule has 0 fully saturated rings. The SMILES string of the molecule is [2H]N[C@@H](Cc1cnc[nH]1)C(=O)OC[C@@H](O)[C@@H](O)[C@H](O)[C@@H](O)C=O. The van der Waals surface area contributed by atoms with E-state index in [0.29, 0.717) is 5.69 Å². The molecular formula is C12H19N3O7. The molecule has 1 rings (SSSR count). The molecule has 0 aromatic carbocycles. The normalized spacial score (nSPS) is 18.6. The minimum Gasteiger partial charge on any atom is -0.462 e. The fraction of sp³-hybridized carbons (Fsp3) is 0.583. The van der Waals surface area contributed by atoms with E-state index in [1.807, 2.05) is 5.73 Å². The third-order valence-electron chi connectivity index (χ3n) is 2.89. The van der Waals surface area contributed by atoms with Crippen molar-refractivity contribution in [3.63, 3.8) is 0 Å². The van der Waals surface area contributed by atoms with Gasteiger partial charge in [-0.1, -0.05) is 0 Å². The van der Waals surface area contributed by atoms with Crippen molar-refractivity contribution in [2.24, 2.45) is 5.73 Å². The molecule has 1 aromatic heterocycles. The number of rotatable bonds is 10. The molecule has 10 nitrogen and oxygen atoms in total. The molecule has 5 atom stereocenters. The van der Waals surface area contributed by atoms with Crippen LogP contribution < -0.4 is 5.73 Å². The number of ether oxygens (including phenoxy) is 1. The van der Waals surface area contributed by atoms with Crippen molar-refractivity contribution in [1.29, 1.82) is 0 Å². The van der Waals surface area contributed by atoms with Crippen LogP contribution in [-0.4, -0.2) is 79.7 Å². The second-order valence-corrected chi connectivity index (χ2v) is 4.64. The van der Waals surface area contributed by atoms with Crippen LogP contribution in [0.4, 0.5) is 0 Å². The lowest BCUT2D eigenvalue weighted by Gasteiger charge is -2.24. The molecular weight excluding hydrogens is 298 g/mol. The number of imidazole rings is 1. The second-order valence-electron chi connectivity index (χ2n) is 4.64. The van der Waals surface area contributed by atoms with Crippen LogP contribution in [0.2, 0.25) is 1.41 Å². The number of nitrogens with one attached hydrogen (secondary N) is 1. The van der Waals surface area contributed by atoms with Gasteiger partial charge in [-0.05, 0) is 0 Å². The third kappa shape index (κ3) is 5.16. The lowest BCUT2D eigenvalue weighted by atomic mass is 10.0.